The second-order valence-corrected chi connectivity index (χ2v) is 4.11. The first-order chi connectivity index (χ1) is 6.35. The summed E-state index contributed by atoms with van der Waals surface area (Å²) in [6.07, 6.45) is 1.92. The molecule has 0 aliphatic rings. The molecule has 0 aromatic heterocycles. The van der Waals surface area contributed by atoms with E-state index in [1.54, 1.807) is 11.8 Å². The van der Waals surface area contributed by atoms with Crippen LogP contribution in [0, 0.1) is 0 Å². The summed E-state index contributed by atoms with van der Waals surface area (Å²) in [5.41, 5.74) is 0. The molecule has 0 aromatic carbocycles. The molecular formula is C9H21NO2S. The van der Waals surface area contributed by atoms with Gasteiger partial charge in [0.25, 0.3) is 0 Å². The van der Waals surface area contributed by atoms with Crippen LogP contribution in [0.25, 0.3) is 0 Å². The first-order valence-corrected chi connectivity index (χ1v) is 6.03. The number of aliphatic hydroxyl groups excluding tert-OH is 2. The smallest absolute Gasteiger partial charge is 0.0521 e. The molecule has 13 heavy (non-hydrogen) atoms. The van der Waals surface area contributed by atoms with E-state index in [1.807, 2.05) is 0 Å². The highest BCUT2D eigenvalue weighted by atomic mass is 32.2. The molecule has 0 spiro atoms. The first kappa shape index (κ1) is 13.2. The zero-order valence-electron chi connectivity index (χ0n) is 8.33. The van der Waals surface area contributed by atoms with Gasteiger partial charge < -0.3 is 15.5 Å². The maximum absolute atomic E-state index is 8.79. The maximum atomic E-state index is 8.79. The van der Waals surface area contributed by atoms with Gasteiger partial charge in [0.15, 0.2) is 0 Å². The van der Waals surface area contributed by atoms with Gasteiger partial charge in [-0.05, 0) is 19.4 Å². The van der Waals surface area contributed by atoms with Crippen LogP contribution >= 0.6 is 11.8 Å². The van der Waals surface area contributed by atoms with E-state index in [9.17, 15) is 0 Å². The minimum absolute atomic E-state index is 0.237. The minimum Gasteiger partial charge on any atom is -0.396 e. The second kappa shape index (κ2) is 10.3. The van der Waals surface area contributed by atoms with Crippen molar-refractivity contribution in [3.8, 4) is 0 Å². The van der Waals surface area contributed by atoms with E-state index < -0.39 is 0 Å². The highest BCUT2D eigenvalue weighted by Gasteiger charge is 2.05. The van der Waals surface area contributed by atoms with Crippen molar-refractivity contribution in [2.45, 2.75) is 25.8 Å². The molecule has 0 aliphatic heterocycles. The van der Waals surface area contributed by atoms with E-state index in [4.69, 9.17) is 10.2 Å². The lowest BCUT2D eigenvalue weighted by molar-refractivity contribution is 0.270. The van der Waals surface area contributed by atoms with Gasteiger partial charge in [0, 0.05) is 24.2 Å². The number of thioether (sulfide) groups is 1. The van der Waals surface area contributed by atoms with Crippen LogP contribution in [0.5, 0.6) is 0 Å². The summed E-state index contributed by atoms with van der Waals surface area (Å²) >= 11 is 1.73. The van der Waals surface area contributed by atoms with Crippen molar-refractivity contribution in [3.05, 3.63) is 0 Å². The van der Waals surface area contributed by atoms with E-state index >= 15 is 0 Å². The summed E-state index contributed by atoms with van der Waals surface area (Å²) in [7, 11) is 0. The summed E-state index contributed by atoms with van der Waals surface area (Å²) in [6.45, 7) is 3.61. The summed E-state index contributed by atoms with van der Waals surface area (Å²) in [4.78, 5) is 0. The van der Waals surface area contributed by atoms with E-state index in [1.165, 1.54) is 0 Å². The lowest BCUT2D eigenvalue weighted by Gasteiger charge is -2.16. The standard InChI is InChI=1S/C9H21NO2S/c1-2-4-10-9(3-5-11)8-13-7-6-12/h9-12H,2-8H2,1H3. The monoisotopic (exact) mass is 207 g/mol. The van der Waals surface area contributed by atoms with Crippen molar-refractivity contribution in [2.24, 2.45) is 0 Å². The van der Waals surface area contributed by atoms with Crippen LogP contribution in [0.15, 0.2) is 0 Å². The molecule has 0 saturated heterocycles. The van der Waals surface area contributed by atoms with E-state index in [0.29, 0.717) is 6.04 Å². The molecule has 0 bridgehead atoms. The molecule has 1 unspecified atom stereocenters. The summed E-state index contributed by atoms with van der Waals surface area (Å²) in [5.74, 6) is 1.76. The fraction of sp³-hybridized carbons (Fsp3) is 1.00. The van der Waals surface area contributed by atoms with Crippen molar-refractivity contribution < 1.29 is 10.2 Å². The van der Waals surface area contributed by atoms with Crippen LogP contribution in [0.2, 0.25) is 0 Å². The van der Waals surface area contributed by atoms with Crippen LogP contribution in [0.4, 0.5) is 0 Å². The molecule has 0 aliphatic carbocycles. The SMILES string of the molecule is CCCNC(CCO)CSCCO. The molecule has 4 heteroatoms. The van der Waals surface area contributed by atoms with E-state index in [2.05, 4.69) is 12.2 Å². The Morgan fingerprint density at radius 3 is 2.62 bits per heavy atom. The second-order valence-electron chi connectivity index (χ2n) is 2.96. The molecule has 3 N–H and O–H groups in total. The van der Waals surface area contributed by atoms with Crippen LogP contribution in [0.1, 0.15) is 19.8 Å². The average molecular weight is 207 g/mol. The number of hydrogen-bond acceptors (Lipinski definition) is 4. The largest absolute Gasteiger partial charge is 0.396 e. The van der Waals surface area contributed by atoms with Crippen LogP contribution in [-0.4, -0.2) is 47.5 Å². The topological polar surface area (TPSA) is 52.5 Å². The normalized spacial score (nSPS) is 13.2. The van der Waals surface area contributed by atoms with Gasteiger partial charge in [-0.15, -0.1) is 0 Å². The predicted octanol–water partition coefficient (Wildman–Crippen LogP) is 0.463. The van der Waals surface area contributed by atoms with Gasteiger partial charge in [-0.1, -0.05) is 6.92 Å². The molecule has 3 nitrogen and oxygen atoms in total. The molecule has 0 rings (SSSR count). The third-order valence-electron chi connectivity index (χ3n) is 1.72. The van der Waals surface area contributed by atoms with E-state index in [0.717, 1.165) is 30.9 Å². The fourth-order valence-electron chi connectivity index (χ4n) is 1.04. The maximum Gasteiger partial charge on any atom is 0.0521 e. The average Bonchev–Trinajstić information content (AvgIpc) is 2.14. The van der Waals surface area contributed by atoms with Gasteiger partial charge in [0.05, 0.1) is 6.61 Å². The molecule has 0 fully saturated rings. The lowest BCUT2D eigenvalue weighted by Crippen LogP contribution is -2.33. The van der Waals surface area contributed by atoms with E-state index in [-0.39, 0.29) is 13.2 Å². The Kier molecular flexibility index (Phi) is 10.5. The number of aliphatic hydroxyl groups is 2. The zero-order chi connectivity index (χ0) is 9.94. The molecule has 0 radical (unpaired) electrons. The van der Waals surface area contributed by atoms with Crippen molar-refractivity contribution in [3.63, 3.8) is 0 Å². The van der Waals surface area contributed by atoms with Gasteiger partial charge >= 0.3 is 0 Å². The van der Waals surface area contributed by atoms with Gasteiger partial charge in [0.2, 0.25) is 0 Å². The molecule has 1 atom stereocenters. The molecule has 0 saturated carbocycles. The van der Waals surface area contributed by atoms with Gasteiger partial charge in [0.1, 0.15) is 0 Å². The van der Waals surface area contributed by atoms with Crippen LogP contribution in [-0.2, 0) is 0 Å². The number of nitrogens with one attached hydrogen (secondary N) is 1. The molecule has 0 amide bonds. The molecular weight excluding hydrogens is 186 g/mol. The Hall–Kier alpha value is 0.230. The first-order valence-electron chi connectivity index (χ1n) is 4.88. The van der Waals surface area contributed by atoms with Crippen molar-refractivity contribution in [2.75, 3.05) is 31.3 Å². The number of hydrogen-bond donors (Lipinski definition) is 3. The molecule has 0 aromatic rings. The highest BCUT2D eigenvalue weighted by Crippen LogP contribution is 2.04. The van der Waals surface area contributed by atoms with Gasteiger partial charge in [-0.25, -0.2) is 0 Å². The Morgan fingerprint density at radius 2 is 2.08 bits per heavy atom. The van der Waals surface area contributed by atoms with Crippen molar-refractivity contribution in [1.29, 1.82) is 0 Å². The quantitative estimate of drug-likeness (QED) is 0.481. The minimum atomic E-state index is 0.237. The Labute approximate surface area is 84.9 Å². The molecule has 0 heterocycles. The third-order valence-corrected chi connectivity index (χ3v) is 2.82. The Morgan fingerprint density at radius 1 is 1.31 bits per heavy atom. The zero-order valence-corrected chi connectivity index (χ0v) is 9.15. The summed E-state index contributed by atoms with van der Waals surface area (Å²) in [6, 6.07) is 0.390. The van der Waals surface area contributed by atoms with Gasteiger partial charge in [-0.2, -0.15) is 11.8 Å². The van der Waals surface area contributed by atoms with Crippen molar-refractivity contribution in [1.82, 2.24) is 5.32 Å². The van der Waals surface area contributed by atoms with Gasteiger partial charge in [-0.3, -0.25) is 0 Å². The highest BCUT2D eigenvalue weighted by molar-refractivity contribution is 7.99. The Bertz CT molecular complexity index is 104. The third kappa shape index (κ3) is 8.56. The summed E-state index contributed by atoms with van der Waals surface area (Å²) in [5, 5.41) is 20.8. The summed E-state index contributed by atoms with van der Waals surface area (Å²) < 4.78 is 0. The fourth-order valence-corrected chi connectivity index (χ4v) is 1.90. The molecule has 80 valence electrons. The predicted molar refractivity (Wildman–Crippen MR) is 58.2 cm³/mol. The van der Waals surface area contributed by atoms with Crippen LogP contribution in [0.3, 0.4) is 0 Å². The van der Waals surface area contributed by atoms with Crippen LogP contribution < -0.4 is 5.32 Å². The lowest BCUT2D eigenvalue weighted by atomic mass is 10.2. The Balaban J connectivity index is 3.41. The van der Waals surface area contributed by atoms with Crippen molar-refractivity contribution >= 4 is 11.8 Å². The number of rotatable bonds is 9.